The van der Waals surface area contributed by atoms with Gasteiger partial charge in [-0.3, -0.25) is 0 Å². The second kappa shape index (κ2) is 13.6. The van der Waals surface area contributed by atoms with Gasteiger partial charge in [0.2, 0.25) is 0 Å². The number of nitrogens with zero attached hydrogens (tertiary/aromatic N) is 2. The third-order valence-electron chi connectivity index (χ3n) is 11.2. The van der Waals surface area contributed by atoms with Gasteiger partial charge < -0.3 is 13.9 Å². The highest BCUT2D eigenvalue weighted by molar-refractivity contribution is 6.14. The van der Waals surface area contributed by atoms with Crippen LogP contribution >= 0.6 is 0 Å². The Balaban J connectivity index is 1.18. The summed E-state index contributed by atoms with van der Waals surface area (Å²) in [5.41, 5.74) is 15.3. The predicted octanol–water partition coefficient (Wildman–Crippen LogP) is 15.2. The first-order valence-corrected chi connectivity index (χ1v) is 19.4. The van der Waals surface area contributed by atoms with E-state index in [0.29, 0.717) is 0 Å². The molecule has 57 heavy (non-hydrogen) atoms. The van der Waals surface area contributed by atoms with Crippen LogP contribution in [0.3, 0.4) is 0 Å². The fourth-order valence-corrected chi connectivity index (χ4v) is 8.63. The van der Waals surface area contributed by atoms with Crippen LogP contribution in [0.2, 0.25) is 0 Å². The zero-order chi connectivity index (χ0) is 37.7. The van der Waals surface area contributed by atoms with Crippen LogP contribution < -0.4 is 4.90 Å². The van der Waals surface area contributed by atoms with Gasteiger partial charge in [-0.25, -0.2) is 0 Å². The average molecular weight is 729 g/mol. The second-order valence-electron chi connectivity index (χ2n) is 14.5. The molecule has 11 aromatic rings. The van der Waals surface area contributed by atoms with Gasteiger partial charge in [0.25, 0.3) is 0 Å². The molecule has 0 amide bonds. The highest BCUT2D eigenvalue weighted by Crippen LogP contribution is 2.46. The number of hydrogen-bond donors (Lipinski definition) is 0. The minimum Gasteiger partial charge on any atom is -0.455 e. The lowest BCUT2D eigenvalue weighted by Gasteiger charge is -2.26. The molecule has 0 N–H and O–H groups in total. The van der Waals surface area contributed by atoms with E-state index in [4.69, 9.17) is 4.42 Å². The van der Waals surface area contributed by atoms with Crippen molar-refractivity contribution in [2.45, 2.75) is 0 Å². The standard InChI is InChI=1S/C54H36N2O/c1-4-16-37(17-5-1)38-30-32-41(33-31-38)55(40-20-8-3-9-21-40)42-34-35-45-44-22-10-12-27-49(44)56(51(45)36-42)50-28-15-24-43(39-18-6-2-7-19-39)53(50)48-26-14-25-47-46-23-11-13-29-52(46)57-54(47)48/h1-36H. The quantitative estimate of drug-likeness (QED) is 0.163. The van der Waals surface area contributed by atoms with Crippen LogP contribution in [0.15, 0.2) is 223 Å². The van der Waals surface area contributed by atoms with Crippen LogP contribution in [-0.2, 0) is 0 Å². The van der Waals surface area contributed by atoms with Crippen molar-refractivity contribution in [2.75, 3.05) is 4.90 Å². The van der Waals surface area contributed by atoms with E-state index in [1.54, 1.807) is 0 Å². The molecular weight excluding hydrogens is 693 g/mol. The Labute approximate surface area is 330 Å². The number of hydrogen-bond acceptors (Lipinski definition) is 2. The minimum absolute atomic E-state index is 0.887. The van der Waals surface area contributed by atoms with Crippen molar-refractivity contribution in [3.63, 3.8) is 0 Å². The lowest BCUT2D eigenvalue weighted by molar-refractivity contribution is 0.670. The fourth-order valence-electron chi connectivity index (χ4n) is 8.63. The third kappa shape index (κ3) is 5.51. The van der Waals surface area contributed by atoms with Gasteiger partial charge in [-0.05, 0) is 76.9 Å². The SMILES string of the molecule is c1ccc(-c2ccc(N(c3ccccc3)c3ccc4c5ccccc5n(-c5cccc(-c6ccccc6)c5-c5cccc6c5oc5ccccc56)c4c3)cc2)cc1. The number of anilines is 3. The van der Waals surface area contributed by atoms with E-state index in [9.17, 15) is 0 Å². The lowest BCUT2D eigenvalue weighted by atomic mass is 9.91. The van der Waals surface area contributed by atoms with E-state index in [-0.39, 0.29) is 0 Å². The van der Waals surface area contributed by atoms with Crippen LogP contribution in [0.4, 0.5) is 17.1 Å². The van der Waals surface area contributed by atoms with E-state index in [2.05, 4.69) is 222 Å². The van der Waals surface area contributed by atoms with E-state index >= 15 is 0 Å². The number of rotatable bonds is 7. The zero-order valence-electron chi connectivity index (χ0n) is 31.1. The molecule has 0 radical (unpaired) electrons. The van der Waals surface area contributed by atoms with E-state index < -0.39 is 0 Å². The normalized spacial score (nSPS) is 11.5. The van der Waals surface area contributed by atoms with Crippen molar-refractivity contribution >= 4 is 60.8 Å². The largest absolute Gasteiger partial charge is 0.455 e. The summed E-state index contributed by atoms with van der Waals surface area (Å²) in [6.45, 7) is 0. The van der Waals surface area contributed by atoms with Crippen molar-refractivity contribution < 1.29 is 4.42 Å². The molecule has 0 fully saturated rings. The first kappa shape index (κ1) is 32.8. The van der Waals surface area contributed by atoms with Crippen molar-refractivity contribution in [1.82, 2.24) is 4.57 Å². The minimum atomic E-state index is 0.887. The maximum absolute atomic E-state index is 6.75. The van der Waals surface area contributed by atoms with Gasteiger partial charge in [0.05, 0.1) is 16.7 Å². The lowest BCUT2D eigenvalue weighted by Crippen LogP contribution is -2.10. The summed E-state index contributed by atoms with van der Waals surface area (Å²) in [5.74, 6) is 0. The van der Waals surface area contributed by atoms with Gasteiger partial charge >= 0.3 is 0 Å². The molecule has 0 saturated carbocycles. The molecule has 0 atom stereocenters. The van der Waals surface area contributed by atoms with E-state index in [0.717, 1.165) is 78.0 Å². The predicted molar refractivity (Wildman–Crippen MR) is 239 cm³/mol. The summed E-state index contributed by atoms with van der Waals surface area (Å²) < 4.78 is 9.20. The van der Waals surface area contributed by atoms with Gasteiger partial charge in [-0.2, -0.15) is 0 Å². The third-order valence-corrected chi connectivity index (χ3v) is 11.2. The van der Waals surface area contributed by atoms with Gasteiger partial charge in [-0.1, -0.05) is 164 Å². The van der Waals surface area contributed by atoms with Gasteiger partial charge in [-0.15, -0.1) is 0 Å². The van der Waals surface area contributed by atoms with Crippen LogP contribution in [0.5, 0.6) is 0 Å². The van der Waals surface area contributed by atoms with Crippen molar-refractivity contribution in [1.29, 1.82) is 0 Å². The molecule has 2 aromatic heterocycles. The molecule has 0 bridgehead atoms. The fraction of sp³-hybridized carbons (Fsp3) is 0. The highest BCUT2D eigenvalue weighted by Gasteiger charge is 2.23. The van der Waals surface area contributed by atoms with Crippen LogP contribution in [0.25, 0.3) is 82.8 Å². The molecule has 0 aliphatic carbocycles. The zero-order valence-corrected chi connectivity index (χ0v) is 31.1. The Bertz CT molecular complexity index is 3220. The maximum atomic E-state index is 6.75. The molecule has 0 spiro atoms. The van der Waals surface area contributed by atoms with Crippen LogP contribution in [0.1, 0.15) is 0 Å². The maximum Gasteiger partial charge on any atom is 0.143 e. The number of benzene rings is 9. The summed E-state index contributed by atoms with van der Waals surface area (Å²) in [4.78, 5) is 2.35. The Morgan fingerprint density at radius 3 is 1.70 bits per heavy atom. The summed E-state index contributed by atoms with van der Waals surface area (Å²) >= 11 is 0. The molecule has 3 nitrogen and oxygen atoms in total. The van der Waals surface area contributed by atoms with Crippen LogP contribution in [-0.4, -0.2) is 4.57 Å². The number of aromatic nitrogens is 1. The number of para-hydroxylation sites is 4. The molecule has 0 unspecified atom stereocenters. The highest BCUT2D eigenvalue weighted by atomic mass is 16.3. The first-order chi connectivity index (χ1) is 28.3. The molecule has 0 saturated heterocycles. The Morgan fingerprint density at radius 1 is 0.351 bits per heavy atom. The molecule has 3 heteroatoms. The molecule has 0 aliphatic rings. The molecular formula is C54H36N2O. The second-order valence-corrected chi connectivity index (χ2v) is 14.5. The monoisotopic (exact) mass is 728 g/mol. The smallest absolute Gasteiger partial charge is 0.143 e. The summed E-state index contributed by atoms with van der Waals surface area (Å²) in [6, 6.07) is 78.1. The Kier molecular flexibility index (Phi) is 7.82. The van der Waals surface area contributed by atoms with Gasteiger partial charge in [0.1, 0.15) is 11.2 Å². The van der Waals surface area contributed by atoms with Crippen molar-refractivity contribution in [3.8, 4) is 39.1 Å². The summed E-state index contributed by atoms with van der Waals surface area (Å²) in [7, 11) is 0. The van der Waals surface area contributed by atoms with E-state index in [1.165, 1.54) is 21.9 Å². The molecule has 11 rings (SSSR count). The first-order valence-electron chi connectivity index (χ1n) is 19.4. The van der Waals surface area contributed by atoms with E-state index in [1.807, 2.05) is 6.07 Å². The van der Waals surface area contributed by atoms with Crippen LogP contribution in [0, 0.1) is 0 Å². The number of fused-ring (bicyclic) bond motifs is 6. The van der Waals surface area contributed by atoms with Gasteiger partial charge in [0, 0.05) is 49.7 Å². The Morgan fingerprint density at radius 2 is 0.912 bits per heavy atom. The van der Waals surface area contributed by atoms with Crippen molar-refractivity contribution in [3.05, 3.63) is 218 Å². The number of furan rings is 1. The molecule has 0 aliphatic heterocycles. The van der Waals surface area contributed by atoms with Gasteiger partial charge in [0.15, 0.2) is 0 Å². The summed E-state index contributed by atoms with van der Waals surface area (Å²) in [6.07, 6.45) is 0. The molecule has 268 valence electrons. The average Bonchev–Trinajstić information content (AvgIpc) is 3.83. The topological polar surface area (TPSA) is 21.3 Å². The molecule has 2 heterocycles. The summed E-state index contributed by atoms with van der Waals surface area (Å²) in [5, 5.41) is 4.63. The Hall–Kier alpha value is -7.62. The molecule has 9 aromatic carbocycles. The van der Waals surface area contributed by atoms with Crippen molar-refractivity contribution in [2.24, 2.45) is 0 Å².